The molecule has 0 bridgehead atoms. The Labute approximate surface area is 79.0 Å². The summed E-state index contributed by atoms with van der Waals surface area (Å²) in [6, 6.07) is -0.0984. The Morgan fingerprint density at radius 1 is 1.54 bits per heavy atom. The molecule has 4 nitrogen and oxygen atoms in total. The molecule has 0 aliphatic carbocycles. The third-order valence-corrected chi connectivity index (χ3v) is 2.23. The zero-order valence-corrected chi connectivity index (χ0v) is 8.53. The summed E-state index contributed by atoms with van der Waals surface area (Å²) < 4.78 is 0. The van der Waals surface area contributed by atoms with Gasteiger partial charge in [-0.2, -0.15) is 0 Å². The third kappa shape index (κ3) is 2.50. The molecule has 0 aromatic carbocycles. The Morgan fingerprint density at radius 3 is 2.77 bits per heavy atom. The lowest BCUT2D eigenvalue weighted by atomic mass is 10.1. The molecule has 0 N–H and O–H groups in total. The van der Waals surface area contributed by atoms with Gasteiger partial charge in [0, 0.05) is 6.54 Å². The highest BCUT2D eigenvalue weighted by Crippen LogP contribution is 2.16. The number of nitrogens with zero attached hydrogens (tertiary/aromatic N) is 3. The summed E-state index contributed by atoms with van der Waals surface area (Å²) >= 11 is 0. The van der Waals surface area contributed by atoms with E-state index < -0.39 is 0 Å². The summed E-state index contributed by atoms with van der Waals surface area (Å²) in [4.78, 5) is 11.2. The van der Waals surface area contributed by atoms with Crippen molar-refractivity contribution in [1.82, 2.24) is 5.01 Å². The summed E-state index contributed by atoms with van der Waals surface area (Å²) in [5.74, 6) is 0.551. The minimum Gasteiger partial charge on any atom is -0.268 e. The molecular weight excluding hydrogens is 166 g/mol. The van der Waals surface area contributed by atoms with Crippen LogP contribution in [0.3, 0.4) is 0 Å². The molecule has 1 amide bonds. The molecule has 0 saturated carbocycles. The maximum atomic E-state index is 11.2. The molecule has 4 heteroatoms. The van der Waals surface area contributed by atoms with Gasteiger partial charge in [-0.1, -0.05) is 31.1 Å². The summed E-state index contributed by atoms with van der Waals surface area (Å²) in [5.41, 5.74) is 0. The van der Waals surface area contributed by atoms with Gasteiger partial charge in [-0.05, 0) is 18.8 Å². The van der Waals surface area contributed by atoms with Gasteiger partial charge in [-0.3, -0.25) is 9.80 Å². The van der Waals surface area contributed by atoms with Crippen molar-refractivity contribution < 1.29 is 4.79 Å². The molecule has 0 saturated heterocycles. The van der Waals surface area contributed by atoms with Crippen LogP contribution >= 0.6 is 0 Å². The van der Waals surface area contributed by atoms with Crippen molar-refractivity contribution in [1.29, 1.82) is 0 Å². The lowest BCUT2D eigenvalue weighted by molar-refractivity contribution is -0.120. The maximum Gasteiger partial charge on any atom is 0.290 e. The van der Waals surface area contributed by atoms with E-state index in [1.807, 2.05) is 11.9 Å². The second kappa shape index (κ2) is 4.35. The van der Waals surface area contributed by atoms with Crippen LogP contribution in [0.25, 0.3) is 0 Å². The Balaban J connectivity index is 2.42. The van der Waals surface area contributed by atoms with Crippen molar-refractivity contribution in [2.45, 2.75) is 39.7 Å². The molecule has 0 radical (unpaired) electrons. The van der Waals surface area contributed by atoms with Crippen molar-refractivity contribution in [3.05, 3.63) is 0 Å². The molecule has 74 valence electrons. The van der Waals surface area contributed by atoms with Crippen molar-refractivity contribution in [2.75, 3.05) is 6.54 Å². The molecule has 1 rings (SSSR count). The Kier molecular flexibility index (Phi) is 3.39. The first kappa shape index (κ1) is 10.2. The lowest BCUT2D eigenvalue weighted by Crippen LogP contribution is -2.32. The van der Waals surface area contributed by atoms with Gasteiger partial charge in [0.25, 0.3) is 5.91 Å². The molecule has 0 aromatic heterocycles. The molecule has 0 aromatic rings. The zero-order valence-electron chi connectivity index (χ0n) is 8.53. The van der Waals surface area contributed by atoms with Gasteiger partial charge in [0.2, 0.25) is 0 Å². The quantitative estimate of drug-likeness (QED) is 0.669. The van der Waals surface area contributed by atoms with Crippen LogP contribution in [0.2, 0.25) is 0 Å². The highest BCUT2D eigenvalue weighted by Gasteiger charge is 2.28. The molecule has 1 aliphatic heterocycles. The molecular formula is C9H17N3O. The highest BCUT2D eigenvalue weighted by molar-refractivity contribution is 5.83. The summed E-state index contributed by atoms with van der Waals surface area (Å²) in [6.07, 6.45) is 1.85. The topological polar surface area (TPSA) is 45.0 Å². The minimum absolute atomic E-state index is 0.0914. The molecule has 13 heavy (non-hydrogen) atoms. The van der Waals surface area contributed by atoms with E-state index in [-0.39, 0.29) is 11.9 Å². The fourth-order valence-electron chi connectivity index (χ4n) is 1.33. The van der Waals surface area contributed by atoms with E-state index in [0.29, 0.717) is 5.92 Å². The number of carbonyl (C=O) groups is 1. The molecule has 0 fully saturated rings. The smallest absolute Gasteiger partial charge is 0.268 e. The molecule has 1 atom stereocenters. The predicted molar refractivity (Wildman–Crippen MR) is 50.1 cm³/mol. The number of carbonyl (C=O) groups excluding carboxylic acids is 1. The lowest BCUT2D eigenvalue weighted by Gasteiger charge is -2.19. The standard InChI is InChI=1S/C9H17N3O/c1-4-8-9(13)10-11-12(8)6-5-7(2)3/h7-8H,4-6H2,1-3H3. The van der Waals surface area contributed by atoms with Crippen LogP contribution in [0.5, 0.6) is 0 Å². The summed E-state index contributed by atoms with van der Waals surface area (Å²) in [5, 5.41) is 9.22. The third-order valence-electron chi connectivity index (χ3n) is 2.23. The van der Waals surface area contributed by atoms with Crippen LogP contribution in [0.15, 0.2) is 10.3 Å². The Morgan fingerprint density at radius 2 is 2.23 bits per heavy atom. The van der Waals surface area contributed by atoms with E-state index in [1.54, 1.807) is 0 Å². The van der Waals surface area contributed by atoms with Gasteiger partial charge in [-0.25, -0.2) is 0 Å². The molecule has 1 heterocycles. The van der Waals surface area contributed by atoms with Crippen LogP contribution in [-0.4, -0.2) is 23.5 Å². The van der Waals surface area contributed by atoms with Crippen molar-refractivity contribution >= 4 is 5.91 Å². The number of rotatable bonds is 4. The minimum atomic E-state index is -0.0984. The predicted octanol–water partition coefficient (Wildman–Crippen LogP) is 2.02. The van der Waals surface area contributed by atoms with Crippen molar-refractivity contribution in [3.63, 3.8) is 0 Å². The average Bonchev–Trinajstić information content (AvgIpc) is 2.42. The second-order valence-electron chi connectivity index (χ2n) is 3.80. The van der Waals surface area contributed by atoms with Gasteiger partial charge >= 0.3 is 0 Å². The molecule has 1 aliphatic rings. The largest absolute Gasteiger partial charge is 0.290 e. The number of hydrogen-bond donors (Lipinski definition) is 0. The van der Waals surface area contributed by atoms with Gasteiger partial charge in [-0.15, -0.1) is 0 Å². The SMILES string of the molecule is CCC1C(=O)N=NN1CCC(C)C. The van der Waals surface area contributed by atoms with E-state index in [1.165, 1.54) is 0 Å². The normalized spacial score (nSPS) is 22.0. The highest BCUT2D eigenvalue weighted by atomic mass is 16.2. The van der Waals surface area contributed by atoms with E-state index in [4.69, 9.17) is 0 Å². The zero-order chi connectivity index (χ0) is 9.84. The van der Waals surface area contributed by atoms with E-state index in [9.17, 15) is 4.79 Å². The maximum absolute atomic E-state index is 11.2. The van der Waals surface area contributed by atoms with Crippen molar-refractivity contribution in [2.24, 2.45) is 16.3 Å². The van der Waals surface area contributed by atoms with Gasteiger partial charge in [0.05, 0.1) is 0 Å². The van der Waals surface area contributed by atoms with Crippen molar-refractivity contribution in [3.8, 4) is 0 Å². The fraction of sp³-hybridized carbons (Fsp3) is 0.889. The first-order chi connectivity index (χ1) is 6.15. The first-order valence-electron chi connectivity index (χ1n) is 4.87. The fourth-order valence-corrected chi connectivity index (χ4v) is 1.33. The summed E-state index contributed by atoms with van der Waals surface area (Å²) in [6.45, 7) is 7.15. The van der Waals surface area contributed by atoms with Crippen LogP contribution in [-0.2, 0) is 4.79 Å². The second-order valence-corrected chi connectivity index (χ2v) is 3.80. The Bertz CT molecular complexity index is 213. The van der Waals surface area contributed by atoms with Crippen LogP contribution in [0.4, 0.5) is 0 Å². The summed E-state index contributed by atoms with van der Waals surface area (Å²) in [7, 11) is 0. The van der Waals surface area contributed by atoms with Gasteiger partial charge < -0.3 is 0 Å². The van der Waals surface area contributed by atoms with Gasteiger partial charge in [0.1, 0.15) is 6.04 Å². The van der Waals surface area contributed by atoms with Crippen LogP contribution in [0.1, 0.15) is 33.6 Å². The Hall–Kier alpha value is -0.930. The van der Waals surface area contributed by atoms with Gasteiger partial charge in [0.15, 0.2) is 0 Å². The number of hydrogen-bond acceptors (Lipinski definition) is 3. The van der Waals surface area contributed by atoms with E-state index in [0.717, 1.165) is 19.4 Å². The first-order valence-corrected chi connectivity index (χ1v) is 4.87. The van der Waals surface area contributed by atoms with E-state index >= 15 is 0 Å². The van der Waals surface area contributed by atoms with E-state index in [2.05, 4.69) is 24.2 Å². The average molecular weight is 183 g/mol. The monoisotopic (exact) mass is 183 g/mol. The molecule has 1 unspecified atom stereocenters. The molecule has 0 spiro atoms. The van der Waals surface area contributed by atoms with Crippen LogP contribution < -0.4 is 0 Å². The number of amides is 1. The van der Waals surface area contributed by atoms with Crippen LogP contribution in [0, 0.1) is 5.92 Å².